The Bertz CT molecular complexity index is 272. The molecule has 0 aromatic carbocycles. The molecule has 0 radical (unpaired) electrons. The Hall–Kier alpha value is -1.18. The molecule has 0 spiro atoms. The molecule has 0 unspecified atom stereocenters. The number of hydrogen-bond donors (Lipinski definition) is 0. The largest absolute Gasteiger partial charge is 0.294 e. The third-order valence-corrected chi connectivity index (χ3v) is 1.60. The van der Waals surface area contributed by atoms with Crippen LogP contribution in [0.1, 0.15) is 31.1 Å². The van der Waals surface area contributed by atoms with E-state index in [4.69, 9.17) is 0 Å². The van der Waals surface area contributed by atoms with Crippen LogP contribution >= 0.6 is 0 Å². The van der Waals surface area contributed by atoms with Crippen LogP contribution in [0.3, 0.4) is 0 Å². The van der Waals surface area contributed by atoms with Crippen molar-refractivity contribution in [2.24, 2.45) is 5.41 Å². The van der Waals surface area contributed by atoms with Crippen LogP contribution in [-0.4, -0.2) is 10.8 Å². The van der Waals surface area contributed by atoms with Gasteiger partial charge in [0.2, 0.25) is 0 Å². The van der Waals surface area contributed by atoms with Crippen molar-refractivity contribution in [1.29, 1.82) is 0 Å². The van der Waals surface area contributed by atoms with E-state index in [1.165, 1.54) is 0 Å². The lowest BCUT2D eigenvalue weighted by molar-refractivity contribution is 0.0858. The average molecular weight is 163 g/mol. The fourth-order valence-electron chi connectivity index (χ4n) is 0.930. The van der Waals surface area contributed by atoms with E-state index in [9.17, 15) is 4.79 Å². The van der Waals surface area contributed by atoms with Crippen LogP contribution in [0.5, 0.6) is 0 Å². The zero-order valence-electron chi connectivity index (χ0n) is 7.66. The minimum atomic E-state index is -0.316. The molecule has 2 heteroatoms. The number of carbonyl (C=O) groups excluding carboxylic acids is 1. The molecule has 1 aromatic heterocycles. The zero-order chi connectivity index (χ0) is 9.19. The fraction of sp³-hybridized carbons (Fsp3) is 0.400. The molecule has 0 bridgehead atoms. The minimum absolute atomic E-state index is 0.135. The molecule has 0 saturated carbocycles. The van der Waals surface area contributed by atoms with Crippen molar-refractivity contribution in [2.45, 2.75) is 20.8 Å². The van der Waals surface area contributed by atoms with Gasteiger partial charge in [-0.15, -0.1) is 0 Å². The van der Waals surface area contributed by atoms with Gasteiger partial charge in [-0.2, -0.15) is 0 Å². The number of hydrogen-bond acceptors (Lipinski definition) is 2. The minimum Gasteiger partial charge on any atom is -0.294 e. The van der Waals surface area contributed by atoms with E-state index >= 15 is 0 Å². The van der Waals surface area contributed by atoms with Gasteiger partial charge in [0.15, 0.2) is 5.78 Å². The Morgan fingerprint density at radius 3 is 2.50 bits per heavy atom. The highest BCUT2D eigenvalue weighted by Gasteiger charge is 2.22. The van der Waals surface area contributed by atoms with Gasteiger partial charge in [-0.05, 0) is 12.1 Å². The van der Waals surface area contributed by atoms with Crippen molar-refractivity contribution in [3.05, 3.63) is 30.1 Å². The quantitative estimate of drug-likeness (QED) is 0.594. The molecule has 0 atom stereocenters. The summed E-state index contributed by atoms with van der Waals surface area (Å²) in [6, 6.07) is 3.57. The smallest absolute Gasteiger partial charge is 0.169 e. The van der Waals surface area contributed by atoms with Gasteiger partial charge < -0.3 is 0 Å². The molecule has 2 nitrogen and oxygen atoms in total. The number of carbonyl (C=O) groups is 1. The van der Waals surface area contributed by atoms with Crippen LogP contribution in [-0.2, 0) is 0 Å². The Morgan fingerprint density at radius 1 is 1.42 bits per heavy atom. The maximum atomic E-state index is 11.6. The van der Waals surface area contributed by atoms with Crippen LogP contribution in [0.2, 0.25) is 0 Å². The molecule has 1 rings (SSSR count). The normalized spacial score (nSPS) is 11.2. The summed E-state index contributed by atoms with van der Waals surface area (Å²) in [6.45, 7) is 5.72. The molecule has 64 valence electrons. The van der Waals surface area contributed by atoms with E-state index in [-0.39, 0.29) is 11.2 Å². The van der Waals surface area contributed by atoms with E-state index < -0.39 is 0 Å². The molecule has 0 aliphatic rings. The first kappa shape index (κ1) is 8.91. The van der Waals surface area contributed by atoms with Crippen LogP contribution in [0, 0.1) is 5.41 Å². The Labute approximate surface area is 72.6 Å². The topological polar surface area (TPSA) is 30.0 Å². The predicted octanol–water partition coefficient (Wildman–Crippen LogP) is 2.31. The number of ketones is 1. The van der Waals surface area contributed by atoms with E-state index in [1.807, 2.05) is 20.8 Å². The summed E-state index contributed by atoms with van der Waals surface area (Å²) < 4.78 is 0. The second-order valence-corrected chi connectivity index (χ2v) is 3.82. The van der Waals surface area contributed by atoms with Gasteiger partial charge in [0.05, 0.1) is 0 Å². The Morgan fingerprint density at radius 2 is 2.08 bits per heavy atom. The number of aromatic nitrogens is 1. The molecule has 0 amide bonds. The van der Waals surface area contributed by atoms with Gasteiger partial charge >= 0.3 is 0 Å². The monoisotopic (exact) mass is 163 g/mol. The van der Waals surface area contributed by atoms with Gasteiger partial charge in [0.1, 0.15) is 0 Å². The molecule has 0 aliphatic heterocycles. The average Bonchev–Trinajstić information content (AvgIpc) is 2.03. The summed E-state index contributed by atoms with van der Waals surface area (Å²) in [6.07, 6.45) is 3.27. The van der Waals surface area contributed by atoms with Gasteiger partial charge in [-0.1, -0.05) is 20.8 Å². The fourth-order valence-corrected chi connectivity index (χ4v) is 0.930. The van der Waals surface area contributed by atoms with Gasteiger partial charge in [0, 0.05) is 23.4 Å². The molecule has 0 aliphatic carbocycles. The SMILES string of the molecule is CC(C)(C)C(=O)c1cccnc1. The highest BCUT2D eigenvalue weighted by molar-refractivity contribution is 5.99. The highest BCUT2D eigenvalue weighted by atomic mass is 16.1. The maximum absolute atomic E-state index is 11.6. The third-order valence-electron chi connectivity index (χ3n) is 1.60. The van der Waals surface area contributed by atoms with Crippen molar-refractivity contribution in [2.75, 3.05) is 0 Å². The van der Waals surface area contributed by atoms with E-state index in [0.717, 1.165) is 0 Å². The van der Waals surface area contributed by atoms with Crippen LogP contribution in [0.25, 0.3) is 0 Å². The van der Waals surface area contributed by atoms with E-state index in [0.29, 0.717) is 5.56 Å². The summed E-state index contributed by atoms with van der Waals surface area (Å²) in [7, 11) is 0. The molecule has 0 fully saturated rings. The van der Waals surface area contributed by atoms with Gasteiger partial charge in [-0.25, -0.2) is 0 Å². The summed E-state index contributed by atoms with van der Waals surface area (Å²) >= 11 is 0. The lowest BCUT2D eigenvalue weighted by atomic mass is 9.87. The van der Waals surface area contributed by atoms with Crippen molar-refractivity contribution in [3.63, 3.8) is 0 Å². The van der Waals surface area contributed by atoms with Gasteiger partial charge in [-0.3, -0.25) is 9.78 Å². The van der Waals surface area contributed by atoms with Gasteiger partial charge in [0.25, 0.3) is 0 Å². The number of rotatable bonds is 1. The molecule has 1 aromatic rings. The standard InChI is InChI=1S/C10H13NO/c1-10(2,3)9(12)8-5-4-6-11-7-8/h4-7H,1-3H3. The first-order chi connectivity index (χ1) is 5.52. The van der Waals surface area contributed by atoms with E-state index in [2.05, 4.69) is 4.98 Å². The molecular weight excluding hydrogens is 150 g/mol. The molecule has 1 heterocycles. The second kappa shape index (κ2) is 3.05. The highest BCUT2D eigenvalue weighted by Crippen LogP contribution is 2.19. The summed E-state index contributed by atoms with van der Waals surface area (Å²) in [5, 5.41) is 0. The number of nitrogens with zero attached hydrogens (tertiary/aromatic N) is 1. The van der Waals surface area contributed by atoms with E-state index in [1.54, 1.807) is 24.5 Å². The van der Waals surface area contributed by atoms with Crippen molar-refractivity contribution in [3.8, 4) is 0 Å². The van der Waals surface area contributed by atoms with Crippen LogP contribution in [0.15, 0.2) is 24.5 Å². The lowest BCUT2D eigenvalue weighted by Gasteiger charge is -2.15. The van der Waals surface area contributed by atoms with Crippen molar-refractivity contribution >= 4 is 5.78 Å². The molecule has 0 N–H and O–H groups in total. The summed E-state index contributed by atoms with van der Waals surface area (Å²) in [5.41, 5.74) is 0.369. The predicted molar refractivity (Wildman–Crippen MR) is 48.0 cm³/mol. The van der Waals surface area contributed by atoms with Crippen molar-refractivity contribution in [1.82, 2.24) is 4.98 Å². The molecular formula is C10H13NO. The third kappa shape index (κ3) is 1.91. The molecule has 0 saturated heterocycles. The summed E-state index contributed by atoms with van der Waals surface area (Å²) in [4.78, 5) is 15.5. The van der Waals surface area contributed by atoms with Crippen LogP contribution in [0.4, 0.5) is 0 Å². The lowest BCUT2D eigenvalue weighted by Crippen LogP contribution is -2.20. The van der Waals surface area contributed by atoms with Crippen molar-refractivity contribution < 1.29 is 4.79 Å². The second-order valence-electron chi connectivity index (χ2n) is 3.82. The summed E-state index contributed by atoms with van der Waals surface area (Å²) in [5.74, 6) is 0.135. The number of Topliss-reactive ketones (excluding diaryl/α,β-unsaturated/α-hetero) is 1. The first-order valence-corrected chi connectivity index (χ1v) is 3.96. The Kier molecular flexibility index (Phi) is 2.27. The van der Waals surface area contributed by atoms with Crippen LogP contribution < -0.4 is 0 Å². The zero-order valence-corrected chi connectivity index (χ0v) is 7.66. The number of pyridine rings is 1. The Balaban J connectivity index is 2.94. The molecule has 12 heavy (non-hydrogen) atoms. The first-order valence-electron chi connectivity index (χ1n) is 3.96. The maximum Gasteiger partial charge on any atom is 0.169 e.